The lowest BCUT2D eigenvalue weighted by Gasteiger charge is -2.24. The average Bonchev–Trinajstić information content (AvgIpc) is 2.00. The van der Waals surface area contributed by atoms with E-state index in [4.69, 9.17) is 0 Å². The molecule has 0 rings (SSSR count). The zero-order valence-electron chi connectivity index (χ0n) is 8.36. The number of rotatable bonds is 3. The minimum atomic E-state index is -4.72. The molecule has 14 heavy (non-hydrogen) atoms. The Labute approximate surface area is 80.7 Å². The van der Waals surface area contributed by atoms with Crippen molar-refractivity contribution in [2.75, 3.05) is 0 Å². The molecular formula is C9H13F3O2. The number of carbonyl (C=O) groups is 1. The molecule has 0 saturated carbocycles. The summed E-state index contributed by atoms with van der Waals surface area (Å²) in [6.07, 6.45) is -4.29. The molecule has 0 atom stereocenters. The van der Waals surface area contributed by atoms with Crippen LogP contribution in [-0.2, 0) is 9.53 Å². The van der Waals surface area contributed by atoms with Gasteiger partial charge in [0, 0.05) is 0 Å². The molecule has 0 aromatic heterocycles. The standard InChI is InChI=1S/C9H13F3O2/c1-5-8(3,4)14-7(13)6(2)9(10,11)12/h2,5H2,1,3-4H3. The van der Waals surface area contributed by atoms with E-state index in [1.807, 2.05) is 0 Å². The molecule has 0 N–H and O–H groups in total. The molecule has 0 amide bonds. The van der Waals surface area contributed by atoms with E-state index in [0.29, 0.717) is 6.42 Å². The van der Waals surface area contributed by atoms with Crippen molar-refractivity contribution in [3.63, 3.8) is 0 Å². The summed E-state index contributed by atoms with van der Waals surface area (Å²) in [5.74, 6) is -1.41. The minimum Gasteiger partial charge on any atom is -0.456 e. The third kappa shape index (κ3) is 3.81. The number of hydrogen-bond donors (Lipinski definition) is 0. The highest BCUT2D eigenvalue weighted by Gasteiger charge is 2.39. The Kier molecular flexibility index (Phi) is 3.73. The summed E-state index contributed by atoms with van der Waals surface area (Å²) < 4.78 is 40.6. The second-order valence-corrected chi connectivity index (χ2v) is 3.48. The molecule has 0 aromatic rings. The molecule has 0 heterocycles. The molecule has 0 aliphatic rings. The summed E-state index contributed by atoms with van der Waals surface area (Å²) in [7, 11) is 0. The Bertz CT molecular complexity index is 241. The van der Waals surface area contributed by atoms with Crippen LogP contribution in [-0.4, -0.2) is 17.7 Å². The number of halogens is 3. The van der Waals surface area contributed by atoms with E-state index < -0.39 is 23.3 Å². The van der Waals surface area contributed by atoms with Crippen LogP contribution >= 0.6 is 0 Å². The lowest BCUT2D eigenvalue weighted by atomic mass is 10.1. The number of carbonyl (C=O) groups excluding carboxylic acids is 1. The van der Waals surface area contributed by atoms with Crippen LogP contribution in [0.1, 0.15) is 27.2 Å². The molecule has 0 radical (unpaired) electrons. The van der Waals surface area contributed by atoms with E-state index in [9.17, 15) is 18.0 Å². The quantitative estimate of drug-likeness (QED) is 0.529. The van der Waals surface area contributed by atoms with Crippen molar-refractivity contribution in [2.45, 2.75) is 39.0 Å². The normalized spacial score (nSPS) is 12.4. The van der Waals surface area contributed by atoms with Crippen molar-refractivity contribution in [1.82, 2.24) is 0 Å². The van der Waals surface area contributed by atoms with Crippen LogP contribution in [0.5, 0.6) is 0 Å². The van der Waals surface area contributed by atoms with Gasteiger partial charge in [-0.05, 0) is 20.3 Å². The van der Waals surface area contributed by atoms with Crippen LogP contribution in [0.2, 0.25) is 0 Å². The lowest BCUT2D eigenvalue weighted by molar-refractivity contribution is -0.162. The zero-order valence-corrected chi connectivity index (χ0v) is 8.36. The van der Waals surface area contributed by atoms with E-state index in [2.05, 4.69) is 11.3 Å². The van der Waals surface area contributed by atoms with Gasteiger partial charge in [-0.3, -0.25) is 0 Å². The fourth-order valence-electron chi connectivity index (χ4n) is 0.500. The van der Waals surface area contributed by atoms with Gasteiger partial charge in [0.1, 0.15) is 11.2 Å². The van der Waals surface area contributed by atoms with Crippen molar-refractivity contribution < 1.29 is 22.7 Å². The van der Waals surface area contributed by atoms with E-state index in [1.54, 1.807) is 6.92 Å². The second kappa shape index (κ2) is 4.02. The Morgan fingerprint density at radius 3 is 2.07 bits per heavy atom. The molecule has 2 nitrogen and oxygen atoms in total. The molecule has 5 heteroatoms. The minimum absolute atomic E-state index is 0.434. The first-order valence-corrected chi connectivity index (χ1v) is 4.09. The predicted octanol–water partition coefficient (Wildman–Crippen LogP) is 2.84. The van der Waals surface area contributed by atoms with Gasteiger partial charge in [0.05, 0.1) is 0 Å². The van der Waals surface area contributed by atoms with E-state index in [1.165, 1.54) is 13.8 Å². The maximum atomic E-state index is 12.0. The highest BCUT2D eigenvalue weighted by Crippen LogP contribution is 2.27. The Hall–Kier alpha value is -1.00. The third-order valence-corrected chi connectivity index (χ3v) is 1.81. The van der Waals surface area contributed by atoms with Crippen molar-refractivity contribution in [3.8, 4) is 0 Å². The van der Waals surface area contributed by atoms with Crippen molar-refractivity contribution in [2.24, 2.45) is 0 Å². The van der Waals surface area contributed by atoms with Crippen molar-refractivity contribution in [3.05, 3.63) is 12.2 Å². The molecule has 82 valence electrons. The van der Waals surface area contributed by atoms with Crippen LogP contribution in [0, 0.1) is 0 Å². The molecule has 0 aliphatic carbocycles. The Morgan fingerprint density at radius 2 is 1.79 bits per heavy atom. The van der Waals surface area contributed by atoms with Gasteiger partial charge in [-0.25, -0.2) is 4.79 Å². The van der Waals surface area contributed by atoms with Crippen molar-refractivity contribution in [1.29, 1.82) is 0 Å². The maximum Gasteiger partial charge on any atom is 0.422 e. The SMILES string of the molecule is C=C(C(=O)OC(C)(C)CC)C(F)(F)F. The molecule has 0 fully saturated rings. The summed E-state index contributed by atoms with van der Waals surface area (Å²) in [4.78, 5) is 10.9. The van der Waals surface area contributed by atoms with Gasteiger partial charge >= 0.3 is 12.1 Å². The van der Waals surface area contributed by atoms with Crippen LogP contribution in [0.15, 0.2) is 12.2 Å². The summed E-state index contributed by atoms with van der Waals surface area (Å²) >= 11 is 0. The molecular weight excluding hydrogens is 197 g/mol. The monoisotopic (exact) mass is 210 g/mol. The first kappa shape index (κ1) is 13.0. The van der Waals surface area contributed by atoms with Crippen LogP contribution in [0.25, 0.3) is 0 Å². The average molecular weight is 210 g/mol. The first-order valence-electron chi connectivity index (χ1n) is 4.09. The number of ether oxygens (including phenoxy) is 1. The van der Waals surface area contributed by atoms with Crippen LogP contribution < -0.4 is 0 Å². The number of esters is 1. The highest BCUT2D eigenvalue weighted by atomic mass is 19.4. The van der Waals surface area contributed by atoms with E-state index >= 15 is 0 Å². The van der Waals surface area contributed by atoms with E-state index in [-0.39, 0.29) is 0 Å². The van der Waals surface area contributed by atoms with Gasteiger partial charge in [-0.15, -0.1) is 0 Å². The smallest absolute Gasteiger partial charge is 0.422 e. The molecule has 0 aliphatic heterocycles. The second-order valence-electron chi connectivity index (χ2n) is 3.48. The van der Waals surface area contributed by atoms with E-state index in [0.717, 1.165) is 0 Å². The van der Waals surface area contributed by atoms with Crippen LogP contribution in [0.4, 0.5) is 13.2 Å². The number of alkyl halides is 3. The summed E-state index contributed by atoms with van der Waals surface area (Å²) in [5.41, 5.74) is -2.37. The fourth-order valence-corrected chi connectivity index (χ4v) is 0.500. The van der Waals surface area contributed by atoms with Crippen LogP contribution in [0.3, 0.4) is 0 Å². The van der Waals surface area contributed by atoms with Gasteiger partial charge in [0.2, 0.25) is 0 Å². The first-order chi connectivity index (χ1) is 6.10. The Balaban J connectivity index is 4.45. The maximum absolute atomic E-state index is 12.0. The summed E-state index contributed by atoms with van der Waals surface area (Å²) in [6, 6.07) is 0. The third-order valence-electron chi connectivity index (χ3n) is 1.81. The summed E-state index contributed by atoms with van der Waals surface area (Å²) in [5, 5.41) is 0. The zero-order chi connectivity index (χ0) is 11.6. The lowest BCUT2D eigenvalue weighted by Crippen LogP contribution is -2.31. The highest BCUT2D eigenvalue weighted by molar-refractivity contribution is 5.89. The van der Waals surface area contributed by atoms with Gasteiger partial charge in [-0.2, -0.15) is 13.2 Å². The largest absolute Gasteiger partial charge is 0.456 e. The predicted molar refractivity (Wildman–Crippen MR) is 45.7 cm³/mol. The molecule has 0 bridgehead atoms. The topological polar surface area (TPSA) is 26.3 Å². The fraction of sp³-hybridized carbons (Fsp3) is 0.667. The molecule has 0 aromatic carbocycles. The number of hydrogen-bond acceptors (Lipinski definition) is 2. The van der Waals surface area contributed by atoms with Gasteiger partial charge < -0.3 is 4.74 Å². The molecule has 0 saturated heterocycles. The molecule has 0 spiro atoms. The van der Waals surface area contributed by atoms with Gasteiger partial charge in [0.15, 0.2) is 0 Å². The summed E-state index contributed by atoms with van der Waals surface area (Å²) in [6.45, 7) is 7.43. The Morgan fingerprint density at radius 1 is 1.36 bits per heavy atom. The molecule has 0 unspecified atom stereocenters. The van der Waals surface area contributed by atoms with Gasteiger partial charge in [-0.1, -0.05) is 13.5 Å². The van der Waals surface area contributed by atoms with Gasteiger partial charge in [0.25, 0.3) is 0 Å². The van der Waals surface area contributed by atoms with Crippen molar-refractivity contribution >= 4 is 5.97 Å².